The third-order valence-electron chi connectivity index (χ3n) is 3.76. The lowest BCUT2D eigenvalue weighted by Crippen LogP contribution is -2.33. The van der Waals surface area contributed by atoms with Crippen LogP contribution in [0.2, 0.25) is 0 Å². The summed E-state index contributed by atoms with van der Waals surface area (Å²) in [6, 6.07) is 10.0. The van der Waals surface area contributed by atoms with E-state index in [9.17, 15) is 9.59 Å². The van der Waals surface area contributed by atoms with E-state index in [4.69, 9.17) is 0 Å². The molecule has 1 aliphatic carbocycles. The number of aromatic nitrogens is 1. The molecule has 0 bridgehead atoms. The summed E-state index contributed by atoms with van der Waals surface area (Å²) in [7, 11) is 1.33. The molecule has 0 saturated heterocycles. The maximum Gasteiger partial charge on any atom is 0.357 e. The molecule has 5 nitrogen and oxygen atoms in total. The van der Waals surface area contributed by atoms with Gasteiger partial charge in [-0.3, -0.25) is 4.79 Å². The van der Waals surface area contributed by atoms with Crippen molar-refractivity contribution in [3.05, 3.63) is 52.0 Å². The SMILES string of the molecule is COC(=O)c1csc(CN(C(=O)Cc2ccccc2)C2CC2)n1. The molecule has 1 fully saturated rings. The van der Waals surface area contributed by atoms with Crippen molar-refractivity contribution in [1.82, 2.24) is 9.88 Å². The number of rotatable bonds is 6. The monoisotopic (exact) mass is 330 g/mol. The largest absolute Gasteiger partial charge is 0.464 e. The number of carbonyl (C=O) groups is 2. The summed E-state index contributed by atoms with van der Waals surface area (Å²) in [5.41, 5.74) is 1.32. The molecule has 1 saturated carbocycles. The summed E-state index contributed by atoms with van der Waals surface area (Å²) >= 11 is 1.38. The normalized spacial score (nSPS) is 13.6. The Morgan fingerprint density at radius 2 is 2.04 bits per heavy atom. The van der Waals surface area contributed by atoms with Gasteiger partial charge < -0.3 is 9.64 Å². The van der Waals surface area contributed by atoms with E-state index < -0.39 is 5.97 Å². The first-order valence-corrected chi connectivity index (χ1v) is 8.41. The molecule has 0 aliphatic heterocycles. The van der Waals surface area contributed by atoms with Crippen LogP contribution in [0.25, 0.3) is 0 Å². The van der Waals surface area contributed by atoms with Crippen molar-refractivity contribution in [3.8, 4) is 0 Å². The number of benzene rings is 1. The van der Waals surface area contributed by atoms with Gasteiger partial charge in [0.1, 0.15) is 5.01 Å². The fraction of sp³-hybridized carbons (Fsp3) is 0.353. The number of carbonyl (C=O) groups excluding carboxylic acids is 2. The molecule has 1 aromatic heterocycles. The number of methoxy groups -OCH3 is 1. The molecule has 0 unspecified atom stereocenters. The minimum Gasteiger partial charge on any atom is -0.464 e. The molecule has 1 aromatic carbocycles. The van der Waals surface area contributed by atoms with Gasteiger partial charge in [0.25, 0.3) is 0 Å². The molecule has 120 valence electrons. The van der Waals surface area contributed by atoms with Crippen LogP contribution < -0.4 is 0 Å². The first kappa shape index (κ1) is 15.7. The Bertz CT molecular complexity index is 695. The van der Waals surface area contributed by atoms with Gasteiger partial charge in [-0.15, -0.1) is 11.3 Å². The van der Waals surface area contributed by atoms with E-state index in [1.165, 1.54) is 18.4 Å². The zero-order valence-electron chi connectivity index (χ0n) is 12.9. The van der Waals surface area contributed by atoms with Crippen LogP contribution in [-0.2, 0) is 22.5 Å². The minimum atomic E-state index is -0.443. The lowest BCUT2D eigenvalue weighted by atomic mass is 10.1. The number of esters is 1. The second kappa shape index (κ2) is 6.91. The lowest BCUT2D eigenvalue weighted by molar-refractivity contribution is -0.131. The number of ether oxygens (including phenoxy) is 1. The van der Waals surface area contributed by atoms with Crippen LogP contribution in [0.4, 0.5) is 0 Å². The van der Waals surface area contributed by atoms with Crippen LogP contribution in [0.1, 0.15) is 33.9 Å². The fourth-order valence-corrected chi connectivity index (χ4v) is 3.17. The molecule has 0 radical (unpaired) electrons. The van der Waals surface area contributed by atoms with Gasteiger partial charge >= 0.3 is 5.97 Å². The second-order valence-corrected chi connectivity index (χ2v) is 6.48. The van der Waals surface area contributed by atoms with Crippen molar-refractivity contribution in [2.24, 2.45) is 0 Å². The van der Waals surface area contributed by atoms with E-state index in [-0.39, 0.29) is 5.91 Å². The molecule has 0 spiro atoms. The lowest BCUT2D eigenvalue weighted by Gasteiger charge is -2.21. The molecule has 6 heteroatoms. The summed E-state index contributed by atoms with van der Waals surface area (Å²) in [5.74, 6) is -0.338. The molecular weight excluding hydrogens is 312 g/mol. The molecule has 23 heavy (non-hydrogen) atoms. The van der Waals surface area contributed by atoms with Crippen molar-refractivity contribution >= 4 is 23.2 Å². The summed E-state index contributed by atoms with van der Waals surface area (Å²) in [6.45, 7) is 0.456. The highest BCUT2D eigenvalue weighted by Gasteiger charge is 2.33. The summed E-state index contributed by atoms with van der Waals surface area (Å²) in [6.07, 6.45) is 2.47. The molecule has 1 amide bonds. The molecule has 2 aromatic rings. The van der Waals surface area contributed by atoms with Crippen molar-refractivity contribution in [2.45, 2.75) is 31.8 Å². The third kappa shape index (κ3) is 3.96. The van der Waals surface area contributed by atoms with Crippen LogP contribution in [0.5, 0.6) is 0 Å². The highest BCUT2D eigenvalue weighted by Crippen LogP contribution is 2.29. The van der Waals surface area contributed by atoms with Gasteiger partial charge in [0, 0.05) is 11.4 Å². The second-order valence-electron chi connectivity index (χ2n) is 5.53. The molecule has 0 N–H and O–H groups in total. The maximum atomic E-state index is 12.6. The van der Waals surface area contributed by atoms with E-state index in [1.807, 2.05) is 35.2 Å². The van der Waals surface area contributed by atoms with Gasteiger partial charge in [0.15, 0.2) is 5.69 Å². The van der Waals surface area contributed by atoms with Gasteiger partial charge in [-0.25, -0.2) is 9.78 Å². The Kier molecular flexibility index (Phi) is 4.71. The van der Waals surface area contributed by atoms with Gasteiger partial charge in [-0.1, -0.05) is 30.3 Å². The van der Waals surface area contributed by atoms with Gasteiger partial charge in [-0.05, 0) is 18.4 Å². The smallest absolute Gasteiger partial charge is 0.357 e. The molecule has 0 atom stereocenters. The zero-order chi connectivity index (χ0) is 16.2. The van der Waals surface area contributed by atoms with Gasteiger partial charge in [0.2, 0.25) is 5.91 Å². The summed E-state index contributed by atoms with van der Waals surface area (Å²) < 4.78 is 4.67. The van der Waals surface area contributed by atoms with Crippen LogP contribution in [-0.4, -0.2) is 34.9 Å². The van der Waals surface area contributed by atoms with E-state index in [1.54, 1.807) is 5.38 Å². The van der Waals surface area contributed by atoms with E-state index in [0.717, 1.165) is 23.4 Å². The minimum absolute atomic E-state index is 0.105. The van der Waals surface area contributed by atoms with E-state index in [0.29, 0.717) is 24.7 Å². The topological polar surface area (TPSA) is 59.5 Å². The Labute approximate surface area is 138 Å². The number of hydrogen-bond acceptors (Lipinski definition) is 5. The summed E-state index contributed by atoms with van der Waals surface area (Å²) in [5, 5.41) is 2.44. The quantitative estimate of drug-likeness (QED) is 0.764. The van der Waals surface area contributed by atoms with Crippen molar-refractivity contribution in [3.63, 3.8) is 0 Å². The first-order valence-electron chi connectivity index (χ1n) is 7.53. The first-order chi connectivity index (χ1) is 11.2. The van der Waals surface area contributed by atoms with Crippen molar-refractivity contribution in [1.29, 1.82) is 0 Å². The molecule has 1 aliphatic rings. The number of thiazole rings is 1. The van der Waals surface area contributed by atoms with E-state index in [2.05, 4.69) is 9.72 Å². The maximum absolute atomic E-state index is 12.6. The number of nitrogens with zero attached hydrogens (tertiary/aromatic N) is 2. The van der Waals surface area contributed by atoms with Crippen LogP contribution >= 0.6 is 11.3 Å². The standard InChI is InChI=1S/C17H18N2O3S/c1-22-17(21)14-11-23-15(18-14)10-19(13-7-8-13)16(20)9-12-5-3-2-4-6-12/h2-6,11,13H,7-10H2,1H3. The van der Waals surface area contributed by atoms with Crippen LogP contribution in [0, 0.1) is 0 Å². The number of hydrogen-bond donors (Lipinski definition) is 0. The predicted octanol–water partition coefficient (Wildman–Crippen LogP) is 2.66. The average molecular weight is 330 g/mol. The van der Waals surface area contributed by atoms with E-state index >= 15 is 0 Å². The highest BCUT2D eigenvalue weighted by atomic mass is 32.1. The molecule has 3 rings (SSSR count). The highest BCUT2D eigenvalue weighted by molar-refractivity contribution is 7.09. The number of amides is 1. The van der Waals surface area contributed by atoms with Gasteiger partial charge in [-0.2, -0.15) is 0 Å². The van der Waals surface area contributed by atoms with Crippen LogP contribution in [0.15, 0.2) is 35.7 Å². The van der Waals surface area contributed by atoms with Gasteiger partial charge in [0.05, 0.1) is 20.1 Å². The zero-order valence-corrected chi connectivity index (χ0v) is 13.7. The molecular formula is C17H18N2O3S. The predicted molar refractivity (Wildman–Crippen MR) is 87.2 cm³/mol. The molecule has 1 heterocycles. The Hall–Kier alpha value is -2.21. The van der Waals surface area contributed by atoms with Crippen molar-refractivity contribution < 1.29 is 14.3 Å². The average Bonchev–Trinajstić information content (AvgIpc) is 3.30. The Morgan fingerprint density at radius 3 is 2.70 bits per heavy atom. The van der Waals surface area contributed by atoms with Crippen molar-refractivity contribution in [2.75, 3.05) is 7.11 Å². The Balaban J connectivity index is 1.68. The van der Waals surface area contributed by atoms with Crippen LogP contribution in [0.3, 0.4) is 0 Å². The third-order valence-corrected chi connectivity index (χ3v) is 4.59. The summed E-state index contributed by atoms with van der Waals surface area (Å²) in [4.78, 5) is 30.2. The fourth-order valence-electron chi connectivity index (χ4n) is 2.41. The Morgan fingerprint density at radius 1 is 1.30 bits per heavy atom.